The fraction of sp³-hybridized carbons (Fsp3) is 0.227. The van der Waals surface area contributed by atoms with Crippen LogP contribution in [0.1, 0.15) is 28.9 Å². The molecule has 0 bridgehead atoms. The average Bonchev–Trinajstić information content (AvgIpc) is 3.18. The average molecular weight is 445 g/mol. The third-order valence-electron chi connectivity index (χ3n) is 4.21. The molecule has 0 fully saturated rings. The Morgan fingerprint density at radius 2 is 1.81 bits per heavy atom. The van der Waals surface area contributed by atoms with Gasteiger partial charge in [0.05, 0.1) is 24.3 Å². The molecule has 0 aliphatic rings. The Morgan fingerprint density at radius 3 is 2.58 bits per heavy atom. The van der Waals surface area contributed by atoms with Crippen molar-refractivity contribution in [3.8, 4) is 5.75 Å². The molecule has 0 saturated heterocycles. The minimum absolute atomic E-state index is 0.0691. The fourth-order valence-electron chi connectivity index (χ4n) is 2.66. The van der Waals surface area contributed by atoms with Crippen LogP contribution in [-0.2, 0) is 11.2 Å². The van der Waals surface area contributed by atoms with Crippen molar-refractivity contribution in [2.45, 2.75) is 19.3 Å². The SMILES string of the molecule is O=C(Cc1csc(NC(=O)c2ccccc2F)n1)NCCCCOc1ccc(F)cc1. The van der Waals surface area contributed by atoms with Crippen LogP contribution >= 0.6 is 11.3 Å². The predicted octanol–water partition coefficient (Wildman–Crippen LogP) is 4.19. The van der Waals surface area contributed by atoms with Gasteiger partial charge >= 0.3 is 0 Å². The first-order valence-electron chi connectivity index (χ1n) is 9.66. The topological polar surface area (TPSA) is 80.3 Å². The number of rotatable bonds is 10. The smallest absolute Gasteiger partial charge is 0.260 e. The lowest BCUT2D eigenvalue weighted by Crippen LogP contribution is -2.26. The molecule has 0 atom stereocenters. The molecule has 0 spiro atoms. The Hall–Kier alpha value is -3.33. The minimum atomic E-state index is -0.612. The lowest BCUT2D eigenvalue weighted by Gasteiger charge is -2.07. The zero-order valence-corrected chi connectivity index (χ0v) is 17.4. The van der Waals surface area contributed by atoms with Gasteiger partial charge in [0.15, 0.2) is 5.13 Å². The van der Waals surface area contributed by atoms with Gasteiger partial charge < -0.3 is 10.1 Å². The first-order chi connectivity index (χ1) is 15.0. The maximum Gasteiger partial charge on any atom is 0.260 e. The van der Waals surface area contributed by atoms with Gasteiger partial charge in [0.25, 0.3) is 5.91 Å². The van der Waals surface area contributed by atoms with Crippen LogP contribution in [0.3, 0.4) is 0 Å². The van der Waals surface area contributed by atoms with Gasteiger partial charge in [-0.15, -0.1) is 11.3 Å². The zero-order chi connectivity index (χ0) is 22.1. The first-order valence-corrected chi connectivity index (χ1v) is 10.5. The number of hydrogen-bond donors (Lipinski definition) is 2. The van der Waals surface area contributed by atoms with Crippen molar-refractivity contribution in [2.24, 2.45) is 0 Å². The Balaban J connectivity index is 1.33. The second kappa shape index (κ2) is 11.2. The number of anilines is 1. The molecule has 2 N–H and O–H groups in total. The largest absolute Gasteiger partial charge is 0.494 e. The lowest BCUT2D eigenvalue weighted by molar-refractivity contribution is -0.120. The number of unbranched alkanes of at least 4 members (excludes halogenated alkanes) is 1. The van der Waals surface area contributed by atoms with Crippen LogP contribution in [0.2, 0.25) is 0 Å². The van der Waals surface area contributed by atoms with Crippen LogP contribution < -0.4 is 15.4 Å². The van der Waals surface area contributed by atoms with Gasteiger partial charge in [0, 0.05) is 11.9 Å². The third kappa shape index (κ3) is 7.14. The third-order valence-corrected chi connectivity index (χ3v) is 5.01. The second-order valence-electron chi connectivity index (χ2n) is 6.61. The highest BCUT2D eigenvalue weighted by Crippen LogP contribution is 2.18. The fourth-order valence-corrected chi connectivity index (χ4v) is 3.36. The van der Waals surface area contributed by atoms with Gasteiger partial charge in [-0.2, -0.15) is 0 Å². The number of carbonyl (C=O) groups is 2. The molecule has 3 aromatic rings. The molecule has 3 rings (SSSR count). The van der Waals surface area contributed by atoms with Gasteiger partial charge in [-0.25, -0.2) is 13.8 Å². The molecular formula is C22H21F2N3O3S. The molecule has 0 saturated carbocycles. The molecule has 162 valence electrons. The summed E-state index contributed by atoms with van der Waals surface area (Å²) in [6.45, 7) is 0.964. The zero-order valence-electron chi connectivity index (χ0n) is 16.6. The van der Waals surface area contributed by atoms with Crippen molar-refractivity contribution in [1.29, 1.82) is 0 Å². The van der Waals surface area contributed by atoms with E-state index >= 15 is 0 Å². The number of carbonyl (C=O) groups excluding carboxylic acids is 2. The highest BCUT2D eigenvalue weighted by molar-refractivity contribution is 7.14. The summed E-state index contributed by atoms with van der Waals surface area (Å²) in [6, 6.07) is 11.5. The van der Waals surface area contributed by atoms with Gasteiger partial charge in [0.1, 0.15) is 17.4 Å². The van der Waals surface area contributed by atoms with Crippen LogP contribution in [0, 0.1) is 11.6 Å². The Bertz CT molecular complexity index is 1020. The van der Waals surface area contributed by atoms with Crippen molar-refractivity contribution in [3.63, 3.8) is 0 Å². The van der Waals surface area contributed by atoms with Crippen LogP contribution in [0.15, 0.2) is 53.9 Å². The molecule has 6 nitrogen and oxygen atoms in total. The van der Waals surface area contributed by atoms with E-state index in [4.69, 9.17) is 4.74 Å². The normalized spacial score (nSPS) is 10.5. The first kappa shape index (κ1) is 22.4. The Labute approximate surface area is 182 Å². The molecule has 0 aliphatic carbocycles. The Kier molecular flexibility index (Phi) is 8.05. The summed E-state index contributed by atoms with van der Waals surface area (Å²) in [6.07, 6.45) is 1.55. The summed E-state index contributed by atoms with van der Waals surface area (Å²) >= 11 is 1.17. The summed E-state index contributed by atoms with van der Waals surface area (Å²) < 4.78 is 32.0. The molecule has 2 aromatic carbocycles. The molecule has 31 heavy (non-hydrogen) atoms. The molecule has 0 unspecified atom stereocenters. The Morgan fingerprint density at radius 1 is 1.03 bits per heavy atom. The van der Waals surface area contributed by atoms with E-state index in [0.29, 0.717) is 29.7 Å². The number of benzene rings is 2. The highest BCUT2D eigenvalue weighted by atomic mass is 32.1. The molecule has 2 amide bonds. The number of aromatic nitrogens is 1. The molecular weight excluding hydrogens is 424 g/mol. The monoisotopic (exact) mass is 445 g/mol. The van der Waals surface area contributed by atoms with Gasteiger partial charge in [-0.05, 0) is 49.2 Å². The molecule has 0 radical (unpaired) electrons. The maximum atomic E-state index is 13.7. The predicted molar refractivity (Wildman–Crippen MR) is 114 cm³/mol. The summed E-state index contributed by atoms with van der Waals surface area (Å²) in [5, 5.41) is 7.32. The van der Waals surface area contributed by atoms with E-state index < -0.39 is 11.7 Å². The quantitative estimate of drug-likeness (QED) is 0.459. The summed E-state index contributed by atoms with van der Waals surface area (Å²) in [5.41, 5.74) is 0.450. The molecule has 1 heterocycles. The van der Waals surface area contributed by atoms with E-state index in [9.17, 15) is 18.4 Å². The number of ether oxygens (including phenoxy) is 1. The van der Waals surface area contributed by atoms with Crippen molar-refractivity contribution in [2.75, 3.05) is 18.5 Å². The minimum Gasteiger partial charge on any atom is -0.494 e. The number of hydrogen-bond acceptors (Lipinski definition) is 5. The van der Waals surface area contributed by atoms with Crippen LogP contribution in [0.4, 0.5) is 13.9 Å². The van der Waals surface area contributed by atoms with Crippen LogP contribution in [0.25, 0.3) is 0 Å². The van der Waals surface area contributed by atoms with Crippen molar-refractivity contribution < 1.29 is 23.1 Å². The van der Waals surface area contributed by atoms with Crippen LogP contribution in [-0.4, -0.2) is 29.9 Å². The van der Waals surface area contributed by atoms with Crippen molar-refractivity contribution in [3.05, 3.63) is 76.8 Å². The van der Waals surface area contributed by atoms with E-state index in [1.54, 1.807) is 23.6 Å². The van der Waals surface area contributed by atoms with Gasteiger partial charge in [0.2, 0.25) is 5.91 Å². The maximum absolute atomic E-state index is 13.7. The van der Waals surface area contributed by atoms with Gasteiger partial charge in [-0.1, -0.05) is 12.1 Å². The lowest BCUT2D eigenvalue weighted by atomic mass is 10.2. The number of thiazole rings is 1. The summed E-state index contributed by atoms with van der Waals surface area (Å²) in [5.74, 6) is -1.09. The standard InChI is InChI=1S/C22H21F2N3O3S/c23-15-7-9-17(10-8-15)30-12-4-3-11-25-20(28)13-16-14-31-22(26-16)27-21(29)18-5-1-2-6-19(18)24/h1-2,5-10,14H,3-4,11-13H2,(H,25,28)(H,26,27,29). The molecule has 9 heteroatoms. The van der Waals surface area contributed by atoms with E-state index in [1.807, 2.05) is 0 Å². The van der Waals surface area contributed by atoms with E-state index in [-0.39, 0.29) is 23.7 Å². The van der Waals surface area contributed by atoms with Crippen molar-refractivity contribution >= 4 is 28.3 Å². The summed E-state index contributed by atoms with van der Waals surface area (Å²) in [4.78, 5) is 28.4. The summed E-state index contributed by atoms with van der Waals surface area (Å²) in [7, 11) is 0. The molecule has 0 aliphatic heterocycles. The number of nitrogens with zero attached hydrogens (tertiary/aromatic N) is 1. The molecule has 1 aromatic heterocycles. The van der Waals surface area contributed by atoms with E-state index in [0.717, 1.165) is 12.8 Å². The van der Waals surface area contributed by atoms with Crippen molar-refractivity contribution in [1.82, 2.24) is 10.3 Å². The van der Waals surface area contributed by atoms with E-state index in [1.165, 1.54) is 41.7 Å². The van der Waals surface area contributed by atoms with E-state index in [2.05, 4.69) is 15.6 Å². The van der Waals surface area contributed by atoms with Gasteiger partial charge in [-0.3, -0.25) is 14.9 Å². The highest BCUT2D eigenvalue weighted by Gasteiger charge is 2.14. The van der Waals surface area contributed by atoms with Crippen LogP contribution in [0.5, 0.6) is 5.75 Å². The number of amides is 2. The number of halogens is 2. The second-order valence-corrected chi connectivity index (χ2v) is 7.47. The number of nitrogens with one attached hydrogen (secondary N) is 2.